The molecule has 0 spiro atoms. The third-order valence-electron chi connectivity index (χ3n) is 9.68. The van der Waals surface area contributed by atoms with E-state index in [9.17, 15) is 9.59 Å². The van der Waals surface area contributed by atoms with Crippen LogP contribution in [-0.2, 0) is 28.9 Å². The summed E-state index contributed by atoms with van der Waals surface area (Å²) in [5, 5.41) is 5.52. The summed E-state index contributed by atoms with van der Waals surface area (Å²) >= 11 is 0. The molecule has 3 aromatic carbocycles. The lowest BCUT2D eigenvalue weighted by Crippen LogP contribution is -2.45. The summed E-state index contributed by atoms with van der Waals surface area (Å²) < 4.78 is 28.6. The highest BCUT2D eigenvalue weighted by Crippen LogP contribution is 2.31. The Morgan fingerprint density at radius 2 is 1.51 bits per heavy atom. The Labute approximate surface area is 303 Å². The fourth-order valence-corrected chi connectivity index (χ4v) is 6.81. The molecule has 1 saturated heterocycles. The van der Waals surface area contributed by atoms with E-state index in [1.807, 2.05) is 66.7 Å². The quantitative estimate of drug-likeness (QED) is 0.133. The van der Waals surface area contributed by atoms with E-state index < -0.39 is 12.2 Å². The van der Waals surface area contributed by atoms with Gasteiger partial charge in [0.1, 0.15) is 12.4 Å². The molecule has 2 amide bonds. The van der Waals surface area contributed by atoms with E-state index in [2.05, 4.69) is 22.5 Å². The van der Waals surface area contributed by atoms with Crippen LogP contribution in [0.25, 0.3) is 0 Å². The van der Waals surface area contributed by atoms with E-state index >= 15 is 0 Å². The summed E-state index contributed by atoms with van der Waals surface area (Å²) in [6.07, 6.45) is 8.20. The number of likely N-dealkylation sites (tertiary alicyclic amines) is 1. The first-order chi connectivity index (χ1) is 25.0. The number of rotatable bonds is 18. The summed E-state index contributed by atoms with van der Waals surface area (Å²) in [5.41, 5.74) is 3.25. The van der Waals surface area contributed by atoms with Crippen molar-refractivity contribution >= 4 is 12.2 Å². The van der Waals surface area contributed by atoms with Crippen LogP contribution in [0.1, 0.15) is 68.6 Å². The number of nitrogens with zero attached hydrogens (tertiary/aromatic N) is 1. The molecule has 1 aliphatic heterocycles. The molecule has 0 bridgehead atoms. The predicted molar refractivity (Wildman–Crippen MR) is 198 cm³/mol. The molecule has 2 unspecified atom stereocenters. The van der Waals surface area contributed by atoms with E-state index in [-0.39, 0.29) is 6.61 Å². The van der Waals surface area contributed by atoms with Crippen molar-refractivity contribution in [3.63, 3.8) is 0 Å². The smallest absolute Gasteiger partial charge is 0.412 e. The van der Waals surface area contributed by atoms with Crippen molar-refractivity contribution < 1.29 is 33.3 Å². The first-order valence-electron chi connectivity index (χ1n) is 18.6. The predicted octanol–water partition coefficient (Wildman–Crippen LogP) is 7.32. The molecule has 2 fully saturated rings. The van der Waals surface area contributed by atoms with Crippen LogP contribution in [0, 0.1) is 5.92 Å². The maximum absolute atomic E-state index is 12.4. The number of ether oxygens (including phenoxy) is 5. The number of benzene rings is 3. The van der Waals surface area contributed by atoms with Gasteiger partial charge < -0.3 is 34.3 Å². The van der Waals surface area contributed by atoms with E-state index in [0.29, 0.717) is 69.2 Å². The monoisotopic (exact) mass is 701 g/mol. The van der Waals surface area contributed by atoms with E-state index in [1.165, 1.54) is 38.8 Å². The summed E-state index contributed by atoms with van der Waals surface area (Å²) in [4.78, 5) is 27.2. The number of unbranched alkanes of at least 4 members (excludes halogenated alkanes) is 1. The standard InChI is InChI=1S/C41H55N3O7/c1-31-20-25-44(29-31)36-12-6-7-13-37(36)48-26-22-33-16-19-38(39(28-33)47-2)51-41(46)43-24-9-8-23-42-40(45)49-27-21-32-14-17-35(18-15-32)50-30-34-10-4-3-5-11-34/h3-5,10-11,14-19,28,31,36-37H,6-9,12-13,20-27,29-30H2,1-2H3,(H,42,45)(H,43,46)/t31-,36?,37?/m1/s1. The Hall–Kier alpha value is -4.28. The van der Waals surface area contributed by atoms with Crippen LogP contribution >= 0.6 is 0 Å². The third kappa shape index (κ3) is 12.8. The normalized spacial score (nSPS) is 18.9. The molecule has 2 aliphatic rings. The molecule has 1 saturated carbocycles. The number of hydrogen-bond donors (Lipinski definition) is 2. The number of alkyl carbamates (subject to hydrolysis) is 1. The van der Waals surface area contributed by atoms with Crippen LogP contribution in [0.3, 0.4) is 0 Å². The Balaban J connectivity index is 0.904. The Morgan fingerprint density at radius 3 is 2.25 bits per heavy atom. The molecule has 2 N–H and O–H groups in total. The Kier molecular flexibility index (Phi) is 15.3. The lowest BCUT2D eigenvalue weighted by atomic mass is 9.91. The van der Waals surface area contributed by atoms with E-state index in [4.69, 9.17) is 23.7 Å². The molecule has 0 aromatic heterocycles. The van der Waals surface area contributed by atoms with E-state index in [0.717, 1.165) is 41.2 Å². The highest BCUT2D eigenvalue weighted by atomic mass is 16.6. The molecular formula is C41H55N3O7. The van der Waals surface area contributed by atoms with Crippen molar-refractivity contribution in [1.29, 1.82) is 0 Å². The van der Waals surface area contributed by atoms with Gasteiger partial charge in [0.15, 0.2) is 11.5 Å². The lowest BCUT2D eigenvalue weighted by Gasteiger charge is -2.38. The van der Waals surface area contributed by atoms with Gasteiger partial charge in [0.05, 0.1) is 26.4 Å². The van der Waals surface area contributed by atoms with Gasteiger partial charge in [-0.3, -0.25) is 4.90 Å². The average molecular weight is 702 g/mol. The van der Waals surface area contributed by atoms with Gasteiger partial charge in [-0.25, -0.2) is 9.59 Å². The van der Waals surface area contributed by atoms with Gasteiger partial charge in [-0.15, -0.1) is 0 Å². The summed E-state index contributed by atoms with van der Waals surface area (Å²) in [6, 6.07) is 24.0. The number of amides is 2. The zero-order valence-electron chi connectivity index (χ0n) is 30.3. The zero-order valence-corrected chi connectivity index (χ0v) is 30.3. The summed E-state index contributed by atoms with van der Waals surface area (Å²) in [5.74, 6) is 2.45. The number of carbonyl (C=O) groups is 2. The van der Waals surface area contributed by atoms with Crippen molar-refractivity contribution in [2.75, 3.05) is 46.5 Å². The van der Waals surface area contributed by atoms with Crippen LogP contribution in [0.15, 0.2) is 72.8 Å². The van der Waals surface area contributed by atoms with Crippen molar-refractivity contribution in [3.05, 3.63) is 89.5 Å². The van der Waals surface area contributed by atoms with Crippen molar-refractivity contribution in [3.8, 4) is 17.2 Å². The second kappa shape index (κ2) is 20.5. The minimum Gasteiger partial charge on any atom is -0.493 e. The minimum atomic E-state index is -0.549. The number of methoxy groups -OCH3 is 1. The van der Waals surface area contributed by atoms with Gasteiger partial charge in [0.25, 0.3) is 0 Å². The molecule has 5 rings (SSSR count). The first kappa shape index (κ1) is 38.0. The van der Waals surface area contributed by atoms with Crippen LogP contribution in [0.5, 0.6) is 17.2 Å². The molecule has 51 heavy (non-hydrogen) atoms. The van der Waals surface area contributed by atoms with Crippen molar-refractivity contribution in [2.45, 2.75) is 83.5 Å². The maximum Gasteiger partial charge on any atom is 0.412 e. The summed E-state index contributed by atoms with van der Waals surface area (Å²) in [7, 11) is 1.57. The van der Waals surface area contributed by atoms with E-state index in [1.54, 1.807) is 13.2 Å². The number of nitrogens with one attached hydrogen (secondary N) is 2. The van der Waals surface area contributed by atoms with Gasteiger partial charge >= 0.3 is 12.2 Å². The van der Waals surface area contributed by atoms with Gasteiger partial charge in [-0.2, -0.15) is 0 Å². The highest BCUT2D eigenvalue weighted by Gasteiger charge is 2.34. The molecule has 276 valence electrons. The van der Waals surface area contributed by atoms with Crippen LogP contribution in [0.2, 0.25) is 0 Å². The Morgan fingerprint density at radius 1 is 0.784 bits per heavy atom. The SMILES string of the molecule is COc1cc(CCOC2CCCCC2N2CC[C@@H](C)C2)ccc1OC(=O)NCCCCNC(=O)OCCc1ccc(OCc2ccccc2)cc1. The van der Waals surface area contributed by atoms with Gasteiger partial charge in [0.2, 0.25) is 0 Å². The number of carbonyl (C=O) groups excluding carboxylic acids is 2. The zero-order chi connectivity index (χ0) is 35.7. The maximum atomic E-state index is 12.4. The molecule has 1 heterocycles. The van der Waals surface area contributed by atoms with Crippen molar-refractivity contribution in [2.24, 2.45) is 5.92 Å². The van der Waals surface area contributed by atoms with Crippen LogP contribution in [-0.4, -0.2) is 75.7 Å². The van der Waals surface area contributed by atoms with Gasteiger partial charge in [0, 0.05) is 32.1 Å². The van der Waals surface area contributed by atoms with Gasteiger partial charge in [-0.1, -0.05) is 68.3 Å². The van der Waals surface area contributed by atoms with Gasteiger partial charge in [-0.05, 0) is 91.9 Å². The van der Waals surface area contributed by atoms with Crippen LogP contribution < -0.4 is 24.8 Å². The molecule has 3 atom stereocenters. The second-order valence-electron chi connectivity index (χ2n) is 13.6. The third-order valence-corrected chi connectivity index (χ3v) is 9.68. The largest absolute Gasteiger partial charge is 0.493 e. The molecule has 1 aliphatic carbocycles. The average Bonchev–Trinajstić information content (AvgIpc) is 3.59. The Bertz CT molecular complexity index is 1490. The lowest BCUT2D eigenvalue weighted by molar-refractivity contribution is -0.0298. The highest BCUT2D eigenvalue weighted by molar-refractivity contribution is 5.71. The molecule has 3 aromatic rings. The van der Waals surface area contributed by atoms with Crippen molar-refractivity contribution in [1.82, 2.24) is 15.5 Å². The van der Waals surface area contributed by atoms with Crippen LogP contribution in [0.4, 0.5) is 9.59 Å². The molecule has 10 nitrogen and oxygen atoms in total. The molecule has 0 radical (unpaired) electrons. The minimum absolute atomic E-state index is 0.279. The summed E-state index contributed by atoms with van der Waals surface area (Å²) in [6.45, 7) is 7.04. The first-order valence-corrected chi connectivity index (χ1v) is 18.6. The fraction of sp³-hybridized carbons (Fsp3) is 0.512. The number of hydrogen-bond acceptors (Lipinski definition) is 8. The fourth-order valence-electron chi connectivity index (χ4n) is 6.81. The molecular weight excluding hydrogens is 646 g/mol. The topological polar surface area (TPSA) is 108 Å². The molecule has 10 heteroatoms. The second-order valence-corrected chi connectivity index (χ2v) is 13.6.